The van der Waals surface area contributed by atoms with Crippen LogP contribution in [0.5, 0.6) is 0 Å². The van der Waals surface area contributed by atoms with Crippen molar-refractivity contribution in [3.63, 3.8) is 0 Å². The zero-order valence-corrected chi connectivity index (χ0v) is 5.78. The van der Waals surface area contributed by atoms with Crippen LogP contribution in [0.2, 0.25) is 0 Å². The van der Waals surface area contributed by atoms with Gasteiger partial charge in [-0.1, -0.05) is 13.3 Å². The van der Waals surface area contributed by atoms with Crippen LogP contribution in [-0.2, 0) is 0 Å². The van der Waals surface area contributed by atoms with Crippen LogP contribution < -0.4 is 5.32 Å². The van der Waals surface area contributed by atoms with Gasteiger partial charge in [-0.15, -0.1) is 0 Å². The highest BCUT2D eigenvalue weighted by Gasteiger charge is 2.19. The molecule has 0 aromatic rings. The second kappa shape index (κ2) is 2.49. The number of nitrogens with one attached hydrogen (secondary N) is 1. The second-order valence-corrected chi connectivity index (χ2v) is 2.70. The molecule has 0 bridgehead atoms. The van der Waals surface area contributed by atoms with E-state index in [4.69, 9.17) is 0 Å². The van der Waals surface area contributed by atoms with Crippen molar-refractivity contribution in [3.8, 4) is 0 Å². The van der Waals surface area contributed by atoms with E-state index in [1.807, 2.05) is 0 Å². The average Bonchev–Trinajstić information content (AvgIpc) is 2.14. The SMILES string of the molecule is CC[C@@H]1CCNC1C. The van der Waals surface area contributed by atoms with Gasteiger partial charge in [-0.05, 0) is 25.8 Å². The first-order chi connectivity index (χ1) is 3.84. The molecule has 1 fully saturated rings. The molecule has 1 N–H and O–H groups in total. The first-order valence-corrected chi connectivity index (χ1v) is 3.58. The van der Waals surface area contributed by atoms with E-state index in [9.17, 15) is 0 Å². The van der Waals surface area contributed by atoms with E-state index in [0.717, 1.165) is 12.0 Å². The van der Waals surface area contributed by atoms with Crippen LogP contribution >= 0.6 is 0 Å². The Morgan fingerprint density at radius 3 is 2.62 bits per heavy atom. The lowest BCUT2D eigenvalue weighted by molar-refractivity contribution is 0.463. The molecule has 1 rings (SSSR count). The molecule has 48 valence electrons. The minimum absolute atomic E-state index is 0.778. The van der Waals surface area contributed by atoms with Crippen molar-refractivity contribution in [2.45, 2.75) is 32.7 Å². The molecule has 1 aliphatic rings. The summed E-state index contributed by atoms with van der Waals surface area (Å²) < 4.78 is 0. The van der Waals surface area contributed by atoms with Gasteiger partial charge in [-0.2, -0.15) is 0 Å². The largest absolute Gasteiger partial charge is 0.314 e. The summed E-state index contributed by atoms with van der Waals surface area (Å²) in [5.41, 5.74) is 0. The highest BCUT2D eigenvalue weighted by atomic mass is 14.9. The molecule has 1 unspecified atom stereocenters. The molecule has 1 heterocycles. The van der Waals surface area contributed by atoms with Crippen molar-refractivity contribution >= 4 is 0 Å². The molecule has 2 atom stereocenters. The van der Waals surface area contributed by atoms with Gasteiger partial charge in [0.05, 0.1) is 0 Å². The number of hydrogen-bond donors (Lipinski definition) is 1. The molecule has 0 radical (unpaired) electrons. The molecule has 0 spiro atoms. The summed E-state index contributed by atoms with van der Waals surface area (Å²) in [5.74, 6) is 0.954. The van der Waals surface area contributed by atoms with Crippen molar-refractivity contribution < 1.29 is 0 Å². The molecular weight excluding hydrogens is 98.1 g/mol. The van der Waals surface area contributed by atoms with Crippen LogP contribution in [-0.4, -0.2) is 12.6 Å². The Bertz CT molecular complexity index is 70.8. The molecule has 0 aromatic heterocycles. The molecule has 0 aliphatic carbocycles. The molecule has 1 saturated heterocycles. The lowest BCUT2D eigenvalue weighted by Crippen LogP contribution is -2.22. The Morgan fingerprint density at radius 2 is 2.38 bits per heavy atom. The van der Waals surface area contributed by atoms with Crippen molar-refractivity contribution in [2.75, 3.05) is 6.54 Å². The molecule has 1 heteroatoms. The second-order valence-electron chi connectivity index (χ2n) is 2.70. The van der Waals surface area contributed by atoms with Crippen molar-refractivity contribution in [3.05, 3.63) is 0 Å². The molecular formula is C7H15N. The van der Waals surface area contributed by atoms with Gasteiger partial charge in [0.2, 0.25) is 0 Å². The molecule has 0 saturated carbocycles. The maximum atomic E-state index is 3.42. The fourth-order valence-electron chi connectivity index (χ4n) is 1.47. The number of rotatable bonds is 1. The zero-order valence-electron chi connectivity index (χ0n) is 5.78. The molecule has 1 nitrogen and oxygen atoms in total. The zero-order chi connectivity index (χ0) is 5.98. The van der Waals surface area contributed by atoms with Crippen LogP contribution in [0.4, 0.5) is 0 Å². The topological polar surface area (TPSA) is 12.0 Å². The predicted octanol–water partition coefficient (Wildman–Crippen LogP) is 1.39. The predicted molar refractivity (Wildman–Crippen MR) is 35.9 cm³/mol. The summed E-state index contributed by atoms with van der Waals surface area (Å²) in [6.07, 6.45) is 2.73. The first-order valence-electron chi connectivity index (χ1n) is 3.58. The van der Waals surface area contributed by atoms with Gasteiger partial charge < -0.3 is 5.32 Å². The third kappa shape index (κ3) is 1.03. The molecule has 8 heavy (non-hydrogen) atoms. The van der Waals surface area contributed by atoms with Crippen LogP contribution in [0.25, 0.3) is 0 Å². The van der Waals surface area contributed by atoms with Crippen LogP contribution in [0.15, 0.2) is 0 Å². The number of hydrogen-bond acceptors (Lipinski definition) is 1. The van der Waals surface area contributed by atoms with Crippen LogP contribution in [0.1, 0.15) is 26.7 Å². The summed E-state index contributed by atoms with van der Waals surface area (Å²) in [7, 11) is 0. The van der Waals surface area contributed by atoms with Crippen molar-refractivity contribution in [1.82, 2.24) is 5.32 Å². The lowest BCUT2D eigenvalue weighted by Gasteiger charge is -2.10. The maximum Gasteiger partial charge on any atom is 0.00673 e. The minimum Gasteiger partial charge on any atom is -0.314 e. The van der Waals surface area contributed by atoms with Crippen LogP contribution in [0.3, 0.4) is 0 Å². The third-order valence-corrected chi connectivity index (χ3v) is 2.21. The monoisotopic (exact) mass is 113 g/mol. The average molecular weight is 113 g/mol. The van der Waals surface area contributed by atoms with Crippen molar-refractivity contribution in [1.29, 1.82) is 0 Å². The third-order valence-electron chi connectivity index (χ3n) is 2.21. The highest BCUT2D eigenvalue weighted by Crippen LogP contribution is 2.17. The maximum absolute atomic E-state index is 3.42. The minimum atomic E-state index is 0.778. The lowest BCUT2D eigenvalue weighted by atomic mass is 10.00. The standard InChI is InChI=1S/C7H15N/c1-3-7-4-5-8-6(7)2/h6-8H,3-5H2,1-2H3/t6?,7-/m1/s1. The first kappa shape index (κ1) is 6.09. The summed E-state index contributed by atoms with van der Waals surface area (Å²) in [6, 6.07) is 0.778. The summed E-state index contributed by atoms with van der Waals surface area (Å²) >= 11 is 0. The van der Waals surface area contributed by atoms with E-state index < -0.39 is 0 Å². The summed E-state index contributed by atoms with van der Waals surface area (Å²) in [4.78, 5) is 0. The van der Waals surface area contributed by atoms with Gasteiger partial charge >= 0.3 is 0 Å². The van der Waals surface area contributed by atoms with Gasteiger partial charge in [0.15, 0.2) is 0 Å². The van der Waals surface area contributed by atoms with Gasteiger partial charge in [0, 0.05) is 6.04 Å². The van der Waals surface area contributed by atoms with E-state index in [0.29, 0.717) is 0 Å². The summed E-state index contributed by atoms with van der Waals surface area (Å²) in [5, 5.41) is 3.42. The van der Waals surface area contributed by atoms with Gasteiger partial charge in [0.25, 0.3) is 0 Å². The fraction of sp³-hybridized carbons (Fsp3) is 1.00. The fourth-order valence-corrected chi connectivity index (χ4v) is 1.47. The van der Waals surface area contributed by atoms with Crippen LogP contribution in [0, 0.1) is 5.92 Å². The van der Waals surface area contributed by atoms with Crippen molar-refractivity contribution in [2.24, 2.45) is 5.92 Å². The molecule has 1 aliphatic heterocycles. The van der Waals surface area contributed by atoms with E-state index >= 15 is 0 Å². The van der Waals surface area contributed by atoms with E-state index in [2.05, 4.69) is 19.2 Å². The normalized spacial score (nSPS) is 38.2. The van der Waals surface area contributed by atoms with Gasteiger partial charge in [-0.25, -0.2) is 0 Å². The highest BCUT2D eigenvalue weighted by molar-refractivity contribution is 4.78. The Hall–Kier alpha value is -0.0400. The van der Waals surface area contributed by atoms with E-state index in [-0.39, 0.29) is 0 Å². The Morgan fingerprint density at radius 1 is 1.62 bits per heavy atom. The smallest absolute Gasteiger partial charge is 0.00673 e. The quantitative estimate of drug-likeness (QED) is 0.542. The molecule has 0 amide bonds. The van der Waals surface area contributed by atoms with E-state index in [1.54, 1.807) is 0 Å². The Balaban J connectivity index is 2.30. The molecule has 0 aromatic carbocycles. The Labute approximate surface area is 51.5 Å². The Kier molecular flexibility index (Phi) is 1.90. The van der Waals surface area contributed by atoms with E-state index in [1.165, 1.54) is 19.4 Å². The summed E-state index contributed by atoms with van der Waals surface area (Å²) in [6.45, 7) is 5.79. The van der Waals surface area contributed by atoms with Gasteiger partial charge in [0.1, 0.15) is 0 Å². The van der Waals surface area contributed by atoms with Gasteiger partial charge in [-0.3, -0.25) is 0 Å².